The Morgan fingerprint density at radius 3 is 2.92 bits per heavy atom. The minimum absolute atomic E-state index is 0.128. The Morgan fingerprint density at radius 2 is 2.42 bits per heavy atom. The number of esters is 1. The molecule has 0 radical (unpaired) electrons. The van der Waals surface area contributed by atoms with Gasteiger partial charge in [-0.1, -0.05) is 6.92 Å². The van der Waals surface area contributed by atoms with Crippen molar-refractivity contribution < 1.29 is 13.9 Å². The zero-order chi connectivity index (χ0) is 8.97. The van der Waals surface area contributed by atoms with E-state index in [1.54, 1.807) is 6.92 Å². The van der Waals surface area contributed by atoms with Crippen LogP contribution in [-0.2, 0) is 4.79 Å². The van der Waals surface area contributed by atoms with Crippen molar-refractivity contribution in [3.63, 3.8) is 0 Å². The lowest BCUT2D eigenvalue weighted by Gasteiger charge is -1.99. The molecule has 1 heterocycles. The van der Waals surface area contributed by atoms with Gasteiger partial charge in [-0.05, 0) is 6.07 Å². The molecule has 0 unspecified atom stereocenters. The monoisotopic (exact) mass is 169 g/mol. The summed E-state index contributed by atoms with van der Waals surface area (Å²) in [6.45, 7) is 1.67. The fraction of sp³-hybridized carbons (Fsp3) is 0.250. The first-order valence-corrected chi connectivity index (χ1v) is 3.54. The Hall–Kier alpha value is -1.45. The molecule has 3 nitrogen and oxygen atoms in total. The van der Waals surface area contributed by atoms with Gasteiger partial charge in [-0.25, -0.2) is 9.37 Å². The predicted octanol–water partition coefficient (Wildman–Crippen LogP) is 1.54. The molecule has 0 spiro atoms. The number of hydrogen-bond acceptors (Lipinski definition) is 3. The van der Waals surface area contributed by atoms with Crippen molar-refractivity contribution in [2.24, 2.45) is 0 Å². The first-order valence-electron chi connectivity index (χ1n) is 3.54. The number of aromatic nitrogens is 1. The van der Waals surface area contributed by atoms with Gasteiger partial charge in [0.1, 0.15) is 5.82 Å². The van der Waals surface area contributed by atoms with Crippen molar-refractivity contribution in [1.82, 2.24) is 4.98 Å². The quantitative estimate of drug-likeness (QED) is 0.630. The van der Waals surface area contributed by atoms with Crippen LogP contribution in [0.15, 0.2) is 18.3 Å². The summed E-state index contributed by atoms with van der Waals surface area (Å²) in [6.07, 6.45) is 1.28. The van der Waals surface area contributed by atoms with Crippen LogP contribution in [-0.4, -0.2) is 11.0 Å². The average Bonchev–Trinajstić information content (AvgIpc) is 2.09. The lowest BCUT2D eigenvalue weighted by molar-refractivity contribution is -0.134. The molecule has 1 rings (SSSR count). The van der Waals surface area contributed by atoms with Gasteiger partial charge in [-0.15, -0.1) is 0 Å². The normalized spacial score (nSPS) is 9.50. The molecule has 0 amide bonds. The van der Waals surface area contributed by atoms with Crippen LogP contribution in [0.4, 0.5) is 4.39 Å². The number of hydrogen-bond donors (Lipinski definition) is 0. The van der Waals surface area contributed by atoms with Crippen molar-refractivity contribution in [3.8, 4) is 5.88 Å². The fourth-order valence-corrected chi connectivity index (χ4v) is 0.611. The highest BCUT2D eigenvalue weighted by atomic mass is 19.1. The number of carbonyl (C=O) groups excluding carboxylic acids is 1. The number of pyridine rings is 1. The Labute approximate surface area is 69.2 Å². The predicted molar refractivity (Wildman–Crippen MR) is 40.1 cm³/mol. The molecular formula is C8H8FNO2. The molecule has 12 heavy (non-hydrogen) atoms. The second kappa shape index (κ2) is 3.80. The second-order valence-corrected chi connectivity index (χ2v) is 2.14. The Balaban J connectivity index is 2.64. The van der Waals surface area contributed by atoms with Crippen molar-refractivity contribution in [2.45, 2.75) is 13.3 Å². The van der Waals surface area contributed by atoms with Gasteiger partial charge in [0.25, 0.3) is 0 Å². The molecule has 0 aromatic carbocycles. The van der Waals surface area contributed by atoms with E-state index in [1.165, 1.54) is 12.1 Å². The number of ether oxygens (including phenoxy) is 1. The molecule has 0 N–H and O–H groups in total. The van der Waals surface area contributed by atoms with E-state index >= 15 is 0 Å². The van der Waals surface area contributed by atoms with Gasteiger partial charge in [-0.2, -0.15) is 0 Å². The third-order valence-electron chi connectivity index (χ3n) is 1.21. The summed E-state index contributed by atoms with van der Waals surface area (Å²) in [5.74, 6) is -0.705. The van der Waals surface area contributed by atoms with Gasteiger partial charge in [0.2, 0.25) is 5.88 Å². The van der Waals surface area contributed by atoms with Gasteiger partial charge in [-0.3, -0.25) is 4.79 Å². The van der Waals surface area contributed by atoms with Gasteiger partial charge >= 0.3 is 5.97 Å². The van der Waals surface area contributed by atoms with Gasteiger partial charge in [0.15, 0.2) is 0 Å². The van der Waals surface area contributed by atoms with Gasteiger partial charge in [0, 0.05) is 12.5 Å². The lowest BCUT2D eigenvalue weighted by Crippen LogP contribution is -2.06. The molecule has 0 aliphatic carbocycles. The van der Waals surface area contributed by atoms with Crippen LogP contribution >= 0.6 is 0 Å². The third kappa shape index (κ3) is 2.30. The molecule has 1 aromatic rings. The van der Waals surface area contributed by atoms with E-state index in [-0.39, 0.29) is 18.3 Å². The number of carbonyl (C=O) groups is 1. The zero-order valence-electron chi connectivity index (χ0n) is 6.58. The summed E-state index contributed by atoms with van der Waals surface area (Å²) >= 11 is 0. The van der Waals surface area contributed by atoms with Crippen LogP contribution in [0, 0.1) is 5.82 Å². The van der Waals surface area contributed by atoms with Crippen LogP contribution < -0.4 is 4.74 Å². The summed E-state index contributed by atoms with van der Waals surface area (Å²) in [4.78, 5) is 14.3. The highest BCUT2D eigenvalue weighted by molar-refractivity contribution is 5.71. The molecular weight excluding hydrogens is 161 g/mol. The van der Waals surface area contributed by atoms with Crippen LogP contribution in [0.3, 0.4) is 0 Å². The van der Waals surface area contributed by atoms with Crippen molar-refractivity contribution in [1.29, 1.82) is 0 Å². The molecule has 0 aliphatic heterocycles. The van der Waals surface area contributed by atoms with E-state index in [1.807, 2.05) is 0 Å². The average molecular weight is 169 g/mol. The Morgan fingerprint density at radius 1 is 1.67 bits per heavy atom. The summed E-state index contributed by atoms with van der Waals surface area (Å²) in [7, 11) is 0. The maximum absolute atomic E-state index is 12.3. The van der Waals surface area contributed by atoms with Crippen LogP contribution in [0.25, 0.3) is 0 Å². The first-order chi connectivity index (χ1) is 5.72. The molecule has 0 fully saturated rings. The molecule has 0 atom stereocenters. The number of halogens is 1. The second-order valence-electron chi connectivity index (χ2n) is 2.14. The van der Waals surface area contributed by atoms with E-state index < -0.39 is 5.82 Å². The van der Waals surface area contributed by atoms with Gasteiger partial charge < -0.3 is 4.74 Å². The standard InChI is InChI=1S/C8H8FNO2/c1-2-8(11)12-7-4-3-6(9)5-10-7/h3-5H,2H2,1H3. The molecule has 0 saturated heterocycles. The summed E-state index contributed by atoms with van der Waals surface area (Å²) in [6, 6.07) is 2.49. The topological polar surface area (TPSA) is 39.2 Å². The van der Waals surface area contributed by atoms with E-state index in [4.69, 9.17) is 4.74 Å². The largest absolute Gasteiger partial charge is 0.407 e. The van der Waals surface area contributed by atoms with Crippen LogP contribution in [0.5, 0.6) is 5.88 Å². The molecule has 1 aromatic heterocycles. The van der Waals surface area contributed by atoms with E-state index in [2.05, 4.69) is 4.98 Å². The summed E-state index contributed by atoms with van der Waals surface area (Å²) in [5, 5.41) is 0. The highest BCUT2D eigenvalue weighted by Crippen LogP contribution is 2.06. The molecule has 0 saturated carbocycles. The smallest absolute Gasteiger partial charge is 0.312 e. The van der Waals surface area contributed by atoms with E-state index in [9.17, 15) is 9.18 Å². The van der Waals surface area contributed by atoms with Gasteiger partial charge in [0.05, 0.1) is 6.20 Å². The number of nitrogens with zero attached hydrogens (tertiary/aromatic N) is 1. The molecule has 4 heteroatoms. The highest BCUT2D eigenvalue weighted by Gasteiger charge is 2.01. The maximum Gasteiger partial charge on any atom is 0.312 e. The molecule has 64 valence electrons. The van der Waals surface area contributed by atoms with Crippen molar-refractivity contribution in [2.75, 3.05) is 0 Å². The first kappa shape index (κ1) is 8.64. The summed E-state index contributed by atoms with van der Waals surface area (Å²) in [5.41, 5.74) is 0. The minimum Gasteiger partial charge on any atom is -0.407 e. The maximum atomic E-state index is 12.3. The Kier molecular flexibility index (Phi) is 2.74. The number of rotatable bonds is 2. The van der Waals surface area contributed by atoms with Crippen LogP contribution in [0.1, 0.15) is 13.3 Å². The lowest BCUT2D eigenvalue weighted by atomic mass is 10.4. The fourth-order valence-electron chi connectivity index (χ4n) is 0.611. The molecule has 0 bridgehead atoms. The minimum atomic E-state index is -0.453. The van der Waals surface area contributed by atoms with Crippen molar-refractivity contribution >= 4 is 5.97 Å². The zero-order valence-corrected chi connectivity index (χ0v) is 6.58. The molecule has 0 aliphatic rings. The van der Waals surface area contributed by atoms with E-state index in [0.717, 1.165) is 6.20 Å². The van der Waals surface area contributed by atoms with E-state index in [0.29, 0.717) is 0 Å². The third-order valence-corrected chi connectivity index (χ3v) is 1.21. The van der Waals surface area contributed by atoms with Crippen LogP contribution in [0.2, 0.25) is 0 Å². The SMILES string of the molecule is CCC(=O)Oc1ccc(F)cn1. The summed E-state index contributed by atoms with van der Waals surface area (Å²) < 4.78 is 17.0. The van der Waals surface area contributed by atoms with Crippen molar-refractivity contribution in [3.05, 3.63) is 24.1 Å². The Bertz CT molecular complexity index is 271.